The number of carbonyl (C=O) groups is 1. The maximum Gasteiger partial charge on any atom is 0.319 e. The van der Waals surface area contributed by atoms with Crippen LogP contribution < -0.4 is 15.4 Å². The summed E-state index contributed by atoms with van der Waals surface area (Å²) in [4.78, 5) is 11.8. The number of fused-ring (bicyclic) bond motifs is 1. The van der Waals surface area contributed by atoms with E-state index in [0.717, 1.165) is 34.3 Å². The standard InChI is InChI=1S/C21H22N4O2/c1-4-11-23-21(26)24-15-7-5-14(6-8-15)20-18(13-22)17-10-9-16(27-3)12-19(17)25(20)2/h5-10,12H,4,11H2,1-3H3,(H2,23,24,26). The zero-order valence-corrected chi connectivity index (χ0v) is 15.7. The van der Waals surface area contributed by atoms with Crippen molar-refractivity contribution < 1.29 is 9.53 Å². The van der Waals surface area contributed by atoms with Crippen LogP contribution in [0.4, 0.5) is 10.5 Å². The predicted octanol–water partition coefficient (Wildman–Crippen LogP) is 4.26. The molecule has 0 bridgehead atoms. The molecule has 0 aliphatic carbocycles. The Hall–Kier alpha value is -3.46. The van der Waals surface area contributed by atoms with E-state index in [1.807, 2.05) is 61.0 Å². The summed E-state index contributed by atoms with van der Waals surface area (Å²) in [5, 5.41) is 16.2. The molecule has 0 unspecified atom stereocenters. The van der Waals surface area contributed by atoms with Crippen molar-refractivity contribution in [2.75, 3.05) is 19.0 Å². The highest BCUT2D eigenvalue weighted by Crippen LogP contribution is 2.34. The van der Waals surface area contributed by atoms with Crippen molar-refractivity contribution in [2.24, 2.45) is 7.05 Å². The molecular weight excluding hydrogens is 340 g/mol. The number of carbonyl (C=O) groups excluding carboxylic acids is 1. The third kappa shape index (κ3) is 3.58. The predicted molar refractivity (Wildman–Crippen MR) is 107 cm³/mol. The van der Waals surface area contributed by atoms with E-state index in [-0.39, 0.29) is 6.03 Å². The molecule has 2 amide bonds. The van der Waals surface area contributed by atoms with E-state index in [1.165, 1.54) is 0 Å². The van der Waals surface area contributed by atoms with E-state index < -0.39 is 0 Å². The quantitative estimate of drug-likeness (QED) is 0.712. The molecule has 0 fully saturated rings. The van der Waals surface area contributed by atoms with Crippen LogP contribution in [-0.4, -0.2) is 24.3 Å². The number of aromatic nitrogens is 1. The van der Waals surface area contributed by atoms with Crippen LogP contribution in [0.1, 0.15) is 18.9 Å². The molecule has 1 aromatic heterocycles. The highest BCUT2D eigenvalue weighted by Gasteiger charge is 2.17. The van der Waals surface area contributed by atoms with Gasteiger partial charge in [-0.25, -0.2) is 4.79 Å². The maximum atomic E-state index is 11.8. The second-order valence-corrected chi connectivity index (χ2v) is 6.24. The molecule has 2 N–H and O–H groups in total. The van der Waals surface area contributed by atoms with Crippen LogP contribution in [0.2, 0.25) is 0 Å². The van der Waals surface area contributed by atoms with Gasteiger partial charge >= 0.3 is 6.03 Å². The molecule has 0 saturated heterocycles. The van der Waals surface area contributed by atoms with Gasteiger partial charge in [0.25, 0.3) is 0 Å². The molecular formula is C21H22N4O2. The molecule has 0 radical (unpaired) electrons. The van der Waals surface area contributed by atoms with E-state index in [0.29, 0.717) is 17.8 Å². The Morgan fingerprint density at radius 1 is 1.22 bits per heavy atom. The summed E-state index contributed by atoms with van der Waals surface area (Å²) in [7, 11) is 3.56. The van der Waals surface area contributed by atoms with Gasteiger partial charge in [-0.15, -0.1) is 0 Å². The summed E-state index contributed by atoms with van der Waals surface area (Å²) in [6, 6.07) is 15.3. The van der Waals surface area contributed by atoms with Crippen molar-refractivity contribution in [3.63, 3.8) is 0 Å². The number of methoxy groups -OCH3 is 1. The fourth-order valence-electron chi connectivity index (χ4n) is 3.12. The summed E-state index contributed by atoms with van der Waals surface area (Å²) >= 11 is 0. The summed E-state index contributed by atoms with van der Waals surface area (Å²) in [5.74, 6) is 0.747. The van der Waals surface area contributed by atoms with Crippen molar-refractivity contribution in [1.82, 2.24) is 9.88 Å². The second kappa shape index (κ2) is 7.83. The third-order valence-corrected chi connectivity index (χ3v) is 4.47. The average Bonchev–Trinajstić information content (AvgIpc) is 2.98. The SMILES string of the molecule is CCCNC(=O)Nc1ccc(-c2c(C#N)c3ccc(OC)cc3n2C)cc1. The zero-order valence-electron chi connectivity index (χ0n) is 15.7. The number of ether oxygens (including phenoxy) is 1. The van der Waals surface area contributed by atoms with Gasteiger partial charge in [0.05, 0.1) is 23.9 Å². The lowest BCUT2D eigenvalue weighted by atomic mass is 10.1. The van der Waals surface area contributed by atoms with Gasteiger partial charge in [0.15, 0.2) is 0 Å². The summed E-state index contributed by atoms with van der Waals surface area (Å²) in [5.41, 5.74) is 4.00. The number of nitrogens with one attached hydrogen (secondary N) is 2. The molecule has 1 heterocycles. The third-order valence-electron chi connectivity index (χ3n) is 4.47. The first-order valence-corrected chi connectivity index (χ1v) is 8.80. The number of urea groups is 1. The fourth-order valence-corrected chi connectivity index (χ4v) is 3.12. The largest absolute Gasteiger partial charge is 0.497 e. The van der Waals surface area contributed by atoms with Crippen LogP contribution in [-0.2, 0) is 7.05 Å². The molecule has 0 saturated carbocycles. The number of aryl methyl sites for hydroxylation is 1. The van der Waals surface area contributed by atoms with Crippen LogP contribution in [0.3, 0.4) is 0 Å². The highest BCUT2D eigenvalue weighted by molar-refractivity contribution is 5.95. The number of nitriles is 1. The average molecular weight is 362 g/mol. The lowest BCUT2D eigenvalue weighted by Crippen LogP contribution is -2.29. The highest BCUT2D eigenvalue weighted by atomic mass is 16.5. The van der Waals surface area contributed by atoms with Crippen molar-refractivity contribution in [3.8, 4) is 23.1 Å². The molecule has 6 heteroatoms. The summed E-state index contributed by atoms with van der Waals surface area (Å²) in [6.07, 6.45) is 0.884. The molecule has 0 atom stereocenters. The lowest BCUT2D eigenvalue weighted by molar-refractivity contribution is 0.252. The first kappa shape index (κ1) is 18.3. The Bertz CT molecular complexity index is 1010. The van der Waals surface area contributed by atoms with E-state index in [1.54, 1.807) is 7.11 Å². The first-order valence-electron chi connectivity index (χ1n) is 8.80. The normalized spacial score (nSPS) is 10.4. The van der Waals surface area contributed by atoms with Crippen molar-refractivity contribution in [1.29, 1.82) is 5.26 Å². The number of hydrogen-bond donors (Lipinski definition) is 2. The van der Waals surface area contributed by atoms with Gasteiger partial charge in [0.1, 0.15) is 11.8 Å². The molecule has 27 heavy (non-hydrogen) atoms. The fraction of sp³-hybridized carbons (Fsp3) is 0.238. The molecule has 0 spiro atoms. The Morgan fingerprint density at radius 3 is 2.59 bits per heavy atom. The van der Waals surface area contributed by atoms with Crippen LogP contribution in [0.15, 0.2) is 42.5 Å². The summed E-state index contributed by atoms with van der Waals surface area (Å²) in [6.45, 7) is 2.64. The Kier molecular flexibility index (Phi) is 5.32. The number of nitrogens with zero attached hydrogens (tertiary/aromatic N) is 2. The Morgan fingerprint density at radius 2 is 1.96 bits per heavy atom. The minimum absolute atomic E-state index is 0.223. The van der Waals surface area contributed by atoms with Gasteiger partial charge in [-0.2, -0.15) is 5.26 Å². The van der Waals surface area contributed by atoms with Crippen molar-refractivity contribution in [3.05, 3.63) is 48.0 Å². The van der Waals surface area contributed by atoms with Gasteiger partial charge in [-0.1, -0.05) is 19.1 Å². The molecule has 0 aliphatic rings. The molecule has 3 aromatic rings. The van der Waals surface area contributed by atoms with Gasteiger partial charge in [-0.3, -0.25) is 0 Å². The summed E-state index contributed by atoms with van der Waals surface area (Å²) < 4.78 is 7.30. The van der Waals surface area contributed by atoms with Crippen LogP contribution >= 0.6 is 0 Å². The van der Waals surface area contributed by atoms with E-state index in [2.05, 4.69) is 16.7 Å². The zero-order chi connectivity index (χ0) is 19.4. The molecule has 2 aromatic carbocycles. The molecule has 0 aliphatic heterocycles. The van der Waals surface area contributed by atoms with E-state index >= 15 is 0 Å². The molecule has 6 nitrogen and oxygen atoms in total. The lowest BCUT2D eigenvalue weighted by Gasteiger charge is -2.09. The van der Waals surface area contributed by atoms with Gasteiger partial charge in [-0.05, 0) is 36.2 Å². The maximum absolute atomic E-state index is 11.8. The first-order chi connectivity index (χ1) is 13.1. The number of amides is 2. The van der Waals surface area contributed by atoms with Crippen LogP contribution in [0.5, 0.6) is 5.75 Å². The van der Waals surface area contributed by atoms with Gasteiger partial charge in [0.2, 0.25) is 0 Å². The minimum atomic E-state index is -0.223. The molecule has 138 valence electrons. The number of rotatable bonds is 5. The van der Waals surface area contributed by atoms with E-state index in [9.17, 15) is 10.1 Å². The monoisotopic (exact) mass is 362 g/mol. The van der Waals surface area contributed by atoms with Crippen LogP contribution in [0.25, 0.3) is 22.2 Å². The van der Waals surface area contributed by atoms with Crippen LogP contribution in [0, 0.1) is 11.3 Å². The topological polar surface area (TPSA) is 79.1 Å². The minimum Gasteiger partial charge on any atom is -0.497 e. The number of hydrogen-bond acceptors (Lipinski definition) is 3. The Balaban J connectivity index is 1.96. The number of anilines is 1. The van der Waals surface area contributed by atoms with Crippen molar-refractivity contribution >= 4 is 22.6 Å². The second-order valence-electron chi connectivity index (χ2n) is 6.24. The van der Waals surface area contributed by atoms with Gasteiger partial charge < -0.3 is 19.9 Å². The number of benzene rings is 2. The Labute approximate surface area is 158 Å². The van der Waals surface area contributed by atoms with Gasteiger partial charge in [0, 0.05) is 30.7 Å². The smallest absolute Gasteiger partial charge is 0.319 e. The van der Waals surface area contributed by atoms with Crippen molar-refractivity contribution in [2.45, 2.75) is 13.3 Å². The van der Waals surface area contributed by atoms with E-state index in [4.69, 9.17) is 4.74 Å². The molecule has 3 rings (SSSR count).